The molecule has 1 aromatic heterocycles. The Morgan fingerprint density at radius 2 is 1.42 bits per heavy atom. The minimum Gasteiger partial charge on any atom is -0.489 e. The molecule has 9 nitrogen and oxygen atoms in total. The van der Waals surface area contributed by atoms with Gasteiger partial charge in [-0.1, -0.05) is 0 Å². The molecular weight excluding hydrogens is 771 g/mol. The second-order valence-electron chi connectivity index (χ2n) is 13.7. The number of hydrogen-bond donors (Lipinski definition) is 1. The third kappa shape index (κ3) is 12.4. The molecule has 1 atom stereocenters. The zero-order valence-corrected chi connectivity index (χ0v) is 30.9. The lowest BCUT2D eigenvalue weighted by atomic mass is 9.80. The monoisotopic (exact) mass is 812 g/mol. The van der Waals surface area contributed by atoms with Crippen molar-refractivity contribution in [3.05, 3.63) is 76.6 Å². The van der Waals surface area contributed by atoms with Gasteiger partial charge in [-0.2, -0.15) is 39.5 Å². The summed E-state index contributed by atoms with van der Waals surface area (Å²) in [6, 6.07) is 2.68. The molecule has 2 aromatic carbocycles. The average Bonchev–Trinajstić information content (AvgIpc) is 3.08. The van der Waals surface area contributed by atoms with Crippen LogP contribution in [0.5, 0.6) is 5.75 Å². The van der Waals surface area contributed by atoms with Gasteiger partial charge in [0.15, 0.2) is 15.6 Å². The molecule has 0 bridgehead atoms. The van der Waals surface area contributed by atoms with Crippen molar-refractivity contribution in [3.63, 3.8) is 0 Å². The minimum atomic E-state index is -5.18. The highest BCUT2D eigenvalue weighted by molar-refractivity contribution is 7.90. The van der Waals surface area contributed by atoms with E-state index in [4.69, 9.17) is 4.74 Å². The normalized spacial score (nSPS) is 17.5. The maximum absolute atomic E-state index is 14.1. The van der Waals surface area contributed by atoms with Crippen LogP contribution in [0.15, 0.2) is 48.8 Å². The van der Waals surface area contributed by atoms with Crippen LogP contribution in [-0.4, -0.2) is 61.2 Å². The lowest BCUT2D eigenvalue weighted by molar-refractivity contribution is -0.143. The Labute approximate surface area is 312 Å². The summed E-state index contributed by atoms with van der Waals surface area (Å²) >= 11 is 0. The molecule has 1 aliphatic rings. The number of carboxylic acids is 1. The lowest BCUT2D eigenvalue weighted by Gasteiger charge is -2.36. The Morgan fingerprint density at radius 3 is 1.91 bits per heavy atom. The molecular formula is C36H41F9N4O5S. The minimum absolute atomic E-state index is 0.00526. The summed E-state index contributed by atoms with van der Waals surface area (Å²) < 4.78 is 154. The molecule has 1 aliphatic carbocycles. The Balaban J connectivity index is 1.80. The van der Waals surface area contributed by atoms with Crippen molar-refractivity contribution in [2.75, 3.05) is 41.5 Å². The molecule has 0 spiro atoms. The van der Waals surface area contributed by atoms with Gasteiger partial charge in [0.2, 0.25) is 5.95 Å². The van der Waals surface area contributed by atoms with Gasteiger partial charge in [-0.25, -0.2) is 18.4 Å². The molecule has 1 N–H and O–H groups in total. The van der Waals surface area contributed by atoms with Gasteiger partial charge >= 0.3 is 24.5 Å². The van der Waals surface area contributed by atoms with Crippen LogP contribution in [0.1, 0.15) is 79.8 Å². The molecule has 1 fully saturated rings. The number of carboxylic acid groups (broad SMARTS) is 1. The van der Waals surface area contributed by atoms with E-state index in [1.54, 1.807) is 6.92 Å². The zero-order valence-electron chi connectivity index (χ0n) is 30.1. The van der Waals surface area contributed by atoms with E-state index in [1.807, 2.05) is 4.90 Å². The first-order chi connectivity index (χ1) is 25.4. The van der Waals surface area contributed by atoms with E-state index in [1.165, 1.54) is 17.9 Å². The quantitative estimate of drug-likeness (QED) is 0.151. The Kier molecular flexibility index (Phi) is 13.6. The Bertz CT molecular complexity index is 1850. The van der Waals surface area contributed by atoms with Gasteiger partial charge in [0.05, 0.1) is 40.9 Å². The highest BCUT2D eigenvalue weighted by Gasteiger charge is 2.38. The fraction of sp³-hybridized carbons (Fsp3) is 0.528. The number of anilines is 2. The molecule has 0 saturated heterocycles. The van der Waals surface area contributed by atoms with Gasteiger partial charge in [-0.3, -0.25) is 4.79 Å². The number of aromatic nitrogens is 2. The largest absolute Gasteiger partial charge is 0.489 e. The summed E-state index contributed by atoms with van der Waals surface area (Å²) in [5.41, 5.74) is -4.33. The molecule has 1 unspecified atom stereocenters. The maximum atomic E-state index is 14.1. The second kappa shape index (κ2) is 17.2. The van der Waals surface area contributed by atoms with Gasteiger partial charge in [0.1, 0.15) is 6.61 Å². The van der Waals surface area contributed by atoms with E-state index in [0.717, 1.165) is 30.8 Å². The number of halogens is 9. The third-order valence-corrected chi connectivity index (χ3v) is 10.4. The molecule has 1 saturated carbocycles. The van der Waals surface area contributed by atoms with E-state index in [9.17, 15) is 57.8 Å². The molecule has 304 valence electrons. The van der Waals surface area contributed by atoms with Crippen molar-refractivity contribution in [1.29, 1.82) is 0 Å². The number of ether oxygens (including phenoxy) is 1. The van der Waals surface area contributed by atoms with Crippen molar-refractivity contribution < 1.29 is 62.6 Å². The van der Waals surface area contributed by atoms with Crippen LogP contribution in [0.3, 0.4) is 0 Å². The summed E-state index contributed by atoms with van der Waals surface area (Å²) in [6.07, 6.45) is -9.27. The number of benzene rings is 2. The second-order valence-corrected chi connectivity index (χ2v) is 16.0. The van der Waals surface area contributed by atoms with Crippen molar-refractivity contribution in [3.8, 4) is 5.75 Å². The van der Waals surface area contributed by atoms with Crippen LogP contribution < -0.4 is 14.5 Å². The highest BCUT2D eigenvalue weighted by Crippen LogP contribution is 2.41. The van der Waals surface area contributed by atoms with Crippen LogP contribution in [0.4, 0.5) is 51.1 Å². The number of carbonyl (C=O) groups is 1. The summed E-state index contributed by atoms with van der Waals surface area (Å²) in [4.78, 5) is 22.6. The molecule has 19 heteroatoms. The van der Waals surface area contributed by atoms with Crippen molar-refractivity contribution >= 4 is 27.4 Å². The summed E-state index contributed by atoms with van der Waals surface area (Å²) in [5.74, 6) is -1.48. The Morgan fingerprint density at radius 1 is 0.873 bits per heavy atom. The van der Waals surface area contributed by atoms with E-state index < -0.39 is 69.2 Å². The van der Waals surface area contributed by atoms with E-state index in [2.05, 4.69) is 9.97 Å². The fourth-order valence-corrected chi connectivity index (χ4v) is 6.97. The average molecular weight is 813 g/mol. The topological polar surface area (TPSA) is 113 Å². The van der Waals surface area contributed by atoms with Crippen molar-refractivity contribution in [1.82, 2.24) is 9.97 Å². The first kappa shape index (κ1) is 43.4. The predicted molar refractivity (Wildman–Crippen MR) is 185 cm³/mol. The zero-order chi connectivity index (χ0) is 40.9. The number of nitrogens with zero attached hydrogens (tertiary/aromatic N) is 4. The maximum Gasteiger partial charge on any atom is 0.416 e. The SMILES string of the molecule is CCN(CC1CCC(CC(=O)O)CC1)c1ccc(C(F)(F)F)cc1CN(c1ncc(OCCS(C)(=O)=O)cn1)C(C)c1cc(C(F)(F)F)cc(C(F)(F)F)c1. The van der Waals surface area contributed by atoms with Crippen LogP contribution in [-0.2, 0) is 39.7 Å². The summed E-state index contributed by atoms with van der Waals surface area (Å²) in [5, 5.41) is 9.19. The number of aliphatic carboxylic acids is 1. The number of sulfone groups is 1. The molecule has 0 amide bonds. The molecule has 0 aliphatic heterocycles. The van der Waals surface area contributed by atoms with E-state index >= 15 is 0 Å². The van der Waals surface area contributed by atoms with Gasteiger partial charge < -0.3 is 19.6 Å². The number of alkyl halides is 9. The van der Waals surface area contributed by atoms with Crippen molar-refractivity contribution in [2.45, 2.75) is 77.1 Å². The standard InChI is InChI=1S/C36H41F9N4O5S/c1-4-48(20-24-7-5-23(6-8-24)13-32(50)51)31-10-9-27(34(37,38)39)16-26(31)21-49(33-46-18-30(19-47-33)54-11-12-55(3,52)53)22(2)25-14-28(35(40,41)42)17-29(15-25)36(43,44)45/h9-10,14-19,22-24H,4-8,11-13,20-21H2,1-3H3,(H,50,51). The fourth-order valence-electron chi connectivity index (χ4n) is 6.58. The molecule has 0 radical (unpaired) electrons. The number of rotatable bonds is 15. The summed E-state index contributed by atoms with van der Waals surface area (Å²) in [7, 11) is -3.40. The van der Waals surface area contributed by atoms with Crippen molar-refractivity contribution in [2.24, 2.45) is 11.8 Å². The van der Waals surface area contributed by atoms with Gasteiger partial charge in [0, 0.05) is 38.0 Å². The number of hydrogen-bond acceptors (Lipinski definition) is 8. The van der Waals surface area contributed by atoms with Crippen LogP contribution in [0.25, 0.3) is 0 Å². The molecule has 1 heterocycles. The van der Waals surface area contributed by atoms with Crippen LogP contribution >= 0.6 is 0 Å². The lowest BCUT2D eigenvalue weighted by Crippen LogP contribution is -2.34. The first-order valence-corrected chi connectivity index (χ1v) is 19.4. The van der Waals surface area contributed by atoms with Gasteiger partial charge in [0.25, 0.3) is 0 Å². The van der Waals surface area contributed by atoms with Gasteiger partial charge in [-0.15, -0.1) is 0 Å². The first-order valence-electron chi connectivity index (χ1n) is 17.3. The summed E-state index contributed by atoms with van der Waals surface area (Å²) in [6.45, 7) is 2.98. The Hall–Kier alpha value is -4.29. The smallest absolute Gasteiger partial charge is 0.416 e. The van der Waals surface area contributed by atoms with E-state index in [-0.39, 0.29) is 53.9 Å². The highest BCUT2D eigenvalue weighted by atomic mass is 32.2. The molecule has 55 heavy (non-hydrogen) atoms. The third-order valence-electron chi connectivity index (χ3n) is 9.53. The van der Waals surface area contributed by atoms with E-state index in [0.29, 0.717) is 56.6 Å². The van der Waals surface area contributed by atoms with Crippen LogP contribution in [0.2, 0.25) is 0 Å². The molecule has 3 aromatic rings. The van der Waals surface area contributed by atoms with Crippen LogP contribution in [0, 0.1) is 11.8 Å². The predicted octanol–water partition coefficient (Wildman–Crippen LogP) is 8.83. The molecule has 4 rings (SSSR count). The van der Waals surface area contributed by atoms with Gasteiger partial charge in [-0.05, 0) is 98.9 Å².